The molecule has 1 aliphatic heterocycles. The van der Waals surface area contributed by atoms with Gasteiger partial charge in [0.2, 0.25) is 5.91 Å². The Morgan fingerprint density at radius 1 is 1.53 bits per heavy atom. The third-order valence-corrected chi connectivity index (χ3v) is 3.36. The van der Waals surface area contributed by atoms with Crippen LogP contribution in [0.25, 0.3) is 0 Å². The van der Waals surface area contributed by atoms with Crippen LogP contribution in [0, 0.1) is 11.3 Å². The van der Waals surface area contributed by atoms with E-state index < -0.39 is 6.04 Å². The molecule has 0 aliphatic carbocycles. The van der Waals surface area contributed by atoms with Crippen molar-refractivity contribution >= 4 is 5.91 Å². The molecule has 2 atom stereocenters. The van der Waals surface area contributed by atoms with Crippen LogP contribution in [0.15, 0.2) is 0 Å². The highest BCUT2D eigenvalue weighted by atomic mass is 16.5. The van der Waals surface area contributed by atoms with Crippen molar-refractivity contribution in [2.75, 3.05) is 26.8 Å². The highest BCUT2D eigenvalue weighted by Gasteiger charge is 2.30. The van der Waals surface area contributed by atoms with E-state index >= 15 is 0 Å². The van der Waals surface area contributed by atoms with Crippen molar-refractivity contribution in [3.8, 4) is 0 Å². The number of amides is 1. The van der Waals surface area contributed by atoms with Crippen LogP contribution < -0.4 is 5.73 Å². The summed E-state index contributed by atoms with van der Waals surface area (Å²) in [6.07, 6.45) is 2.24. The monoisotopic (exact) mass is 242 g/mol. The van der Waals surface area contributed by atoms with E-state index in [4.69, 9.17) is 10.5 Å². The molecule has 1 fully saturated rings. The first kappa shape index (κ1) is 14.5. The van der Waals surface area contributed by atoms with Crippen LogP contribution in [0.3, 0.4) is 0 Å². The second kappa shape index (κ2) is 5.83. The minimum Gasteiger partial charge on any atom is -0.381 e. The van der Waals surface area contributed by atoms with Crippen LogP contribution >= 0.6 is 0 Å². The summed E-state index contributed by atoms with van der Waals surface area (Å²) in [5.74, 6) is 0.493. The van der Waals surface area contributed by atoms with E-state index in [1.807, 2.05) is 27.8 Å². The lowest BCUT2D eigenvalue weighted by Gasteiger charge is -2.32. The van der Waals surface area contributed by atoms with Gasteiger partial charge >= 0.3 is 0 Å². The molecule has 2 N–H and O–H groups in total. The summed E-state index contributed by atoms with van der Waals surface area (Å²) in [7, 11) is 1.84. The number of carbonyl (C=O) groups is 1. The number of hydrogen-bond acceptors (Lipinski definition) is 3. The predicted molar refractivity (Wildman–Crippen MR) is 68.6 cm³/mol. The van der Waals surface area contributed by atoms with E-state index in [1.54, 1.807) is 4.90 Å². The molecule has 0 aromatic heterocycles. The number of carbonyl (C=O) groups excluding carboxylic acids is 1. The second-order valence-corrected chi connectivity index (χ2v) is 6.15. The van der Waals surface area contributed by atoms with Gasteiger partial charge in [0, 0.05) is 20.2 Å². The zero-order valence-electron chi connectivity index (χ0n) is 11.5. The smallest absolute Gasteiger partial charge is 0.239 e. The van der Waals surface area contributed by atoms with Crippen molar-refractivity contribution in [1.29, 1.82) is 0 Å². The van der Waals surface area contributed by atoms with Gasteiger partial charge in [-0.3, -0.25) is 4.79 Å². The topological polar surface area (TPSA) is 55.6 Å². The van der Waals surface area contributed by atoms with Crippen molar-refractivity contribution in [2.24, 2.45) is 17.1 Å². The molecule has 0 aromatic carbocycles. The Bertz CT molecular complexity index is 255. The van der Waals surface area contributed by atoms with Crippen LogP contribution in [0.1, 0.15) is 33.6 Å². The van der Waals surface area contributed by atoms with Crippen LogP contribution in [-0.4, -0.2) is 43.7 Å². The molecule has 4 heteroatoms. The molecule has 1 rings (SSSR count). The molecule has 0 spiro atoms. The van der Waals surface area contributed by atoms with Gasteiger partial charge in [0.05, 0.1) is 12.6 Å². The Hall–Kier alpha value is -0.610. The van der Waals surface area contributed by atoms with E-state index in [2.05, 4.69) is 0 Å². The molecule has 17 heavy (non-hydrogen) atoms. The Morgan fingerprint density at radius 3 is 2.65 bits per heavy atom. The molecule has 1 saturated heterocycles. The average Bonchev–Trinajstić information content (AvgIpc) is 2.27. The number of ether oxygens (including phenoxy) is 1. The van der Waals surface area contributed by atoms with Crippen LogP contribution in [0.2, 0.25) is 0 Å². The number of nitrogens with zero attached hydrogens (tertiary/aromatic N) is 1. The normalized spacial score (nSPS) is 23.2. The van der Waals surface area contributed by atoms with Gasteiger partial charge in [0.25, 0.3) is 0 Å². The molecule has 1 heterocycles. The van der Waals surface area contributed by atoms with Crippen molar-refractivity contribution in [3.05, 3.63) is 0 Å². The number of rotatable bonds is 3. The fraction of sp³-hybridized carbons (Fsp3) is 0.923. The molecular weight excluding hydrogens is 216 g/mol. The molecule has 4 nitrogen and oxygen atoms in total. The van der Waals surface area contributed by atoms with Gasteiger partial charge in [-0.1, -0.05) is 20.8 Å². The van der Waals surface area contributed by atoms with Crippen LogP contribution in [0.4, 0.5) is 0 Å². The highest BCUT2D eigenvalue weighted by Crippen LogP contribution is 2.20. The molecule has 1 amide bonds. The highest BCUT2D eigenvalue weighted by molar-refractivity contribution is 5.82. The van der Waals surface area contributed by atoms with Crippen LogP contribution in [-0.2, 0) is 9.53 Å². The largest absolute Gasteiger partial charge is 0.381 e. The molecule has 0 bridgehead atoms. The minimum absolute atomic E-state index is 0.0306. The lowest BCUT2D eigenvalue weighted by molar-refractivity contribution is -0.134. The molecule has 0 saturated carbocycles. The molecule has 100 valence electrons. The lowest BCUT2D eigenvalue weighted by Crippen LogP contribution is -2.50. The van der Waals surface area contributed by atoms with Gasteiger partial charge in [-0.25, -0.2) is 0 Å². The molecular formula is C13H26N2O2. The van der Waals surface area contributed by atoms with Crippen molar-refractivity contribution in [2.45, 2.75) is 39.7 Å². The summed E-state index contributed by atoms with van der Waals surface area (Å²) < 4.78 is 5.42. The summed E-state index contributed by atoms with van der Waals surface area (Å²) in [5.41, 5.74) is 5.79. The summed E-state index contributed by atoms with van der Waals surface area (Å²) in [6.45, 7) is 8.36. The summed E-state index contributed by atoms with van der Waals surface area (Å²) in [5, 5.41) is 0. The van der Waals surface area contributed by atoms with Gasteiger partial charge < -0.3 is 15.4 Å². The first-order valence-corrected chi connectivity index (χ1v) is 6.40. The maximum atomic E-state index is 12.1. The Labute approximate surface area is 104 Å². The van der Waals surface area contributed by atoms with Gasteiger partial charge in [-0.15, -0.1) is 0 Å². The Morgan fingerprint density at radius 2 is 2.18 bits per heavy atom. The fourth-order valence-electron chi connectivity index (χ4n) is 2.04. The van der Waals surface area contributed by atoms with Gasteiger partial charge in [0.1, 0.15) is 0 Å². The quantitative estimate of drug-likeness (QED) is 0.810. The van der Waals surface area contributed by atoms with Crippen LogP contribution in [0.5, 0.6) is 0 Å². The van der Waals surface area contributed by atoms with Crippen molar-refractivity contribution in [3.63, 3.8) is 0 Å². The Balaban J connectivity index is 2.46. The SMILES string of the molecule is CN(CC1CCCOC1)C(=O)[C@@H](N)C(C)(C)C. The van der Waals surface area contributed by atoms with E-state index in [1.165, 1.54) is 0 Å². The summed E-state index contributed by atoms with van der Waals surface area (Å²) in [4.78, 5) is 13.9. The van der Waals surface area contributed by atoms with E-state index in [0.29, 0.717) is 5.92 Å². The Kier molecular flexibility index (Phi) is 4.95. The molecule has 0 radical (unpaired) electrons. The van der Waals surface area contributed by atoms with E-state index in [0.717, 1.165) is 32.6 Å². The zero-order chi connectivity index (χ0) is 13.1. The lowest BCUT2D eigenvalue weighted by atomic mass is 9.86. The number of likely N-dealkylation sites (N-methyl/N-ethyl adjacent to an activating group) is 1. The van der Waals surface area contributed by atoms with Gasteiger partial charge in [0.15, 0.2) is 0 Å². The van der Waals surface area contributed by atoms with Gasteiger partial charge in [-0.2, -0.15) is 0 Å². The second-order valence-electron chi connectivity index (χ2n) is 6.15. The van der Waals surface area contributed by atoms with Gasteiger partial charge in [-0.05, 0) is 24.2 Å². The molecule has 1 aliphatic rings. The summed E-state index contributed by atoms with van der Waals surface area (Å²) in [6, 6.07) is -0.433. The first-order chi connectivity index (χ1) is 7.82. The number of hydrogen-bond donors (Lipinski definition) is 1. The van der Waals surface area contributed by atoms with Crippen molar-refractivity contribution < 1.29 is 9.53 Å². The molecule has 1 unspecified atom stereocenters. The third-order valence-electron chi connectivity index (χ3n) is 3.36. The first-order valence-electron chi connectivity index (χ1n) is 6.40. The maximum absolute atomic E-state index is 12.1. The van der Waals surface area contributed by atoms with E-state index in [9.17, 15) is 4.79 Å². The van der Waals surface area contributed by atoms with E-state index in [-0.39, 0.29) is 11.3 Å². The summed E-state index contributed by atoms with van der Waals surface area (Å²) >= 11 is 0. The zero-order valence-corrected chi connectivity index (χ0v) is 11.5. The average molecular weight is 242 g/mol. The van der Waals surface area contributed by atoms with Crippen molar-refractivity contribution in [1.82, 2.24) is 4.90 Å². The number of nitrogens with two attached hydrogens (primary N) is 1. The minimum atomic E-state index is -0.433. The standard InChI is InChI=1S/C13H26N2O2/c1-13(2,3)11(14)12(16)15(4)8-10-6-5-7-17-9-10/h10-11H,5-9,14H2,1-4H3/t10?,11-/m1/s1. The molecule has 0 aromatic rings. The maximum Gasteiger partial charge on any atom is 0.239 e. The third kappa shape index (κ3) is 4.28. The predicted octanol–water partition coefficient (Wildman–Crippen LogP) is 1.24. The fourth-order valence-corrected chi connectivity index (χ4v) is 2.04.